The fraction of sp³-hybridized carbons (Fsp3) is 0.462. The van der Waals surface area contributed by atoms with Crippen LogP contribution >= 0.6 is 15.9 Å². The zero-order valence-corrected chi connectivity index (χ0v) is 12.8. The topological polar surface area (TPSA) is 55.8 Å². The van der Waals surface area contributed by atoms with E-state index in [0.29, 0.717) is 5.75 Å². The second-order valence-corrected chi connectivity index (χ2v) is 5.53. The maximum absolute atomic E-state index is 14.3. The molecule has 0 radical (unpaired) electrons. The summed E-state index contributed by atoms with van der Waals surface area (Å²) in [7, 11) is 2.85. The molecule has 0 heterocycles. The average molecular weight is 335 g/mol. The van der Waals surface area contributed by atoms with Crippen molar-refractivity contribution in [3.8, 4) is 11.5 Å². The number of benzene rings is 1. The van der Waals surface area contributed by atoms with E-state index < -0.39 is 17.2 Å². The van der Waals surface area contributed by atoms with E-state index in [-0.39, 0.29) is 22.2 Å². The minimum absolute atomic E-state index is 0.128. The summed E-state index contributed by atoms with van der Waals surface area (Å²) in [4.78, 5) is 10.9. The first-order chi connectivity index (χ1) is 8.74. The summed E-state index contributed by atoms with van der Waals surface area (Å²) in [5.74, 6) is -0.932. The lowest BCUT2D eigenvalue weighted by Crippen LogP contribution is -2.23. The summed E-state index contributed by atoms with van der Waals surface area (Å²) in [6.07, 6.45) is -0.189. The predicted molar refractivity (Wildman–Crippen MR) is 72.5 cm³/mol. The number of hydrogen-bond donors (Lipinski definition) is 1. The van der Waals surface area contributed by atoms with Crippen LogP contribution < -0.4 is 9.47 Å². The highest BCUT2D eigenvalue weighted by molar-refractivity contribution is 9.10. The Bertz CT molecular complexity index is 500. The van der Waals surface area contributed by atoms with Gasteiger partial charge in [-0.3, -0.25) is 4.79 Å². The van der Waals surface area contributed by atoms with Crippen LogP contribution in [0.4, 0.5) is 4.39 Å². The van der Waals surface area contributed by atoms with Crippen LogP contribution in [-0.4, -0.2) is 25.3 Å². The fourth-order valence-electron chi connectivity index (χ4n) is 1.89. The van der Waals surface area contributed by atoms with E-state index in [2.05, 4.69) is 15.9 Å². The van der Waals surface area contributed by atoms with Gasteiger partial charge >= 0.3 is 5.97 Å². The first kappa shape index (κ1) is 15.8. The molecule has 0 atom stereocenters. The number of carboxylic acid groups (broad SMARTS) is 1. The summed E-state index contributed by atoms with van der Waals surface area (Å²) in [6, 6.07) is 1.47. The van der Waals surface area contributed by atoms with Gasteiger partial charge in [-0.25, -0.2) is 4.39 Å². The largest absolute Gasteiger partial charge is 0.493 e. The number of aliphatic carboxylic acids is 1. The van der Waals surface area contributed by atoms with Crippen molar-refractivity contribution in [1.82, 2.24) is 0 Å². The molecular weight excluding hydrogens is 319 g/mol. The maximum Gasteiger partial charge on any atom is 0.304 e. The molecule has 1 aromatic rings. The molecule has 19 heavy (non-hydrogen) atoms. The number of halogens is 2. The predicted octanol–water partition coefficient (Wildman–Crippen LogP) is 3.36. The highest BCUT2D eigenvalue weighted by atomic mass is 79.9. The van der Waals surface area contributed by atoms with E-state index in [1.807, 2.05) is 0 Å². The van der Waals surface area contributed by atoms with Crippen molar-refractivity contribution < 1.29 is 23.8 Å². The SMILES string of the molecule is COc1cc(C(C)(C)CC(=O)O)c(F)c(Br)c1OC. The normalized spacial score (nSPS) is 11.3. The van der Waals surface area contributed by atoms with Crippen LogP contribution in [0.5, 0.6) is 11.5 Å². The van der Waals surface area contributed by atoms with Gasteiger partial charge < -0.3 is 14.6 Å². The van der Waals surface area contributed by atoms with E-state index in [1.54, 1.807) is 13.8 Å². The molecule has 0 fully saturated rings. The van der Waals surface area contributed by atoms with Gasteiger partial charge in [0.15, 0.2) is 11.5 Å². The van der Waals surface area contributed by atoms with Crippen LogP contribution in [0.25, 0.3) is 0 Å². The van der Waals surface area contributed by atoms with Crippen molar-refractivity contribution in [1.29, 1.82) is 0 Å². The van der Waals surface area contributed by atoms with Crippen LogP contribution in [0.1, 0.15) is 25.8 Å². The van der Waals surface area contributed by atoms with Crippen molar-refractivity contribution >= 4 is 21.9 Å². The fourth-order valence-corrected chi connectivity index (χ4v) is 2.46. The number of hydrogen-bond acceptors (Lipinski definition) is 3. The molecule has 1 aromatic carbocycles. The Kier molecular flexibility index (Phi) is 4.79. The molecule has 0 saturated carbocycles. The lowest BCUT2D eigenvalue weighted by Gasteiger charge is -2.25. The molecule has 0 spiro atoms. The number of carboxylic acids is 1. The highest BCUT2D eigenvalue weighted by Gasteiger charge is 2.31. The van der Waals surface area contributed by atoms with Gasteiger partial charge in [-0.2, -0.15) is 0 Å². The third-order valence-electron chi connectivity index (χ3n) is 2.87. The van der Waals surface area contributed by atoms with Gasteiger partial charge in [0, 0.05) is 5.41 Å². The van der Waals surface area contributed by atoms with Gasteiger partial charge in [0.05, 0.1) is 25.1 Å². The zero-order valence-electron chi connectivity index (χ0n) is 11.2. The van der Waals surface area contributed by atoms with E-state index in [1.165, 1.54) is 20.3 Å². The van der Waals surface area contributed by atoms with E-state index in [0.717, 1.165) is 0 Å². The first-order valence-corrected chi connectivity index (χ1v) is 6.36. The number of carbonyl (C=O) groups is 1. The molecule has 1 N–H and O–H groups in total. The first-order valence-electron chi connectivity index (χ1n) is 5.56. The third-order valence-corrected chi connectivity index (χ3v) is 3.58. The smallest absolute Gasteiger partial charge is 0.304 e. The Morgan fingerprint density at radius 3 is 2.42 bits per heavy atom. The molecule has 4 nitrogen and oxygen atoms in total. The molecule has 106 valence electrons. The summed E-state index contributed by atoms with van der Waals surface area (Å²) in [5, 5.41) is 8.91. The van der Waals surface area contributed by atoms with Gasteiger partial charge in [0.2, 0.25) is 0 Å². The second kappa shape index (κ2) is 5.77. The Labute approximate surface area is 119 Å². The Morgan fingerprint density at radius 1 is 1.42 bits per heavy atom. The second-order valence-electron chi connectivity index (χ2n) is 4.74. The Morgan fingerprint density at radius 2 is 2.00 bits per heavy atom. The van der Waals surface area contributed by atoms with Gasteiger partial charge in [0.25, 0.3) is 0 Å². The van der Waals surface area contributed by atoms with Crippen molar-refractivity contribution in [2.24, 2.45) is 0 Å². The van der Waals surface area contributed by atoms with Crippen LogP contribution in [0.2, 0.25) is 0 Å². The molecule has 0 bridgehead atoms. The molecule has 6 heteroatoms. The van der Waals surface area contributed by atoms with E-state index in [9.17, 15) is 9.18 Å². The minimum Gasteiger partial charge on any atom is -0.493 e. The minimum atomic E-state index is -0.990. The molecular formula is C13H16BrFO4. The van der Waals surface area contributed by atoms with E-state index in [4.69, 9.17) is 14.6 Å². The van der Waals surface area contributed by atoms with Crippen molar-refractivity contribution in [2.45, 2.75) is 25.7 Å². The summed E-state index contributed by atoms with van der Waals surface area (Å²) >= 11 is 3.11. The lowest BCUT2D eigenvalue weighted by atomic mass is 9.81. The van der Waals surface area contributed by atoms with Gasteiger partial charge in [-0.1, -0.05) is 13.8 Å². The van der Waals surface area contributed by atoms with Gasteiger partial charge in [-0.15, -0.1) is 0 Å². The van der Waals surface area contributed by atoms with Crippen molar-refractivity contribution in [3.63, 3.8) is 0 Å². The molecule has 0 aromatic heterocycles. The lowest BCUT2D eigenvalue weighted by molar-refractivity contribution is -0.138. The quantitative estimate of drug-likeness (QED) is 0.897. The Hall–Kier alpha value is -1.30. The van der Waals surface area contributed by atoms with Crippen LogP contribution in [-0.2, 0) is 10.2 Å². The molecule has 0 unspecified atom stereocenters. The van der Waals surface area contributed by atoms with Crippen LogP contribution in [0, 0.1) is 5.82 Å². The number of rotatable bonds is 5. The van der Waals surface area contributed by atoms with Crippen molar-refractivity contribution in [2.75, 3.05) is 14.2 Å². The third kappa shape index (κ3) is 3.18. The molecule has 0 aliphatic rings. The standard InChI is InChI=1S/C13H16BrFO4/c1-13(2,6-9(16)17)7-5-8(18-3)12(19-4)10(14)11(7)15/h5H,6H2,1-4H3,(H,16,17). The average Bonchev–Trinajstić information content (AvgIpc) is 2.30. The van der Waals surface area contributed by atoms with Crippen LogP contribution in [0.3, 0.4) is 0 Å². The van der Waals surface area contributed by atoms with Crippen molar-refractivity contribution in [3.05, 3.63) is 21.9 Å². The maximum atomic E-state index is 14.3. The molecule has 0 amide bonds. The number of ether oxygens (including phenoxy) is 2. The monoisotopic (exact) mass is 334 g/mol. The highest BCUT2D eigenvalue weighted by Crippen LogP contribution is 2.43. The molecule has 0 aliphatic heterocycles. The molecule has 0 saturated heterocycles. The van der Waals surface area contributed by atoms with Gasteiger partial charge in [0.1, 0.15) is 5.82 Å². The van der Waals surface area contributed by atoms with Crippen LogP contribution in [0.15, 0.2) is 10.5 Å². The molecule has 0 aliphatic carbocycles. The Balaban J connectivity index is 3.45. The zero-order chi connectivity index (χ0) is 14.8. The summed E-state index contributed by atoms with van der Waals surface area (Å²) < 4.78 is 24.7. The molecule has 1 rings (SSSR count). The summed E-state index contributed by atoms with van der Waals surface area (Å²) in [5.41, 5.74) is -0.600. The summed E-state index contributed by atoms with van der Waals surface area (Å²) in [6.45, 7) is 3.33. The van der Waals surface area contributed by atoms with Gasteiger partial charge in [-0.05, 0) is 27.6 Å². The number of methoxy groups -OCH3 is 2. The van der Waals surface area contributed by atoms with E-state index >= 15 is 0 Å².